The van der Waals surface area contributed by atoms with Crippen LogP contribution in [0.15, 0.2) is 12.2 Å². The Morgan fingerprint density at radius 2 is 1.86 bits per heavy atom. The standard InChI is InChI=1S/C6H10N/c1-6-2-4-7-5-3-6/h1-5H2. The van der Waals surface area contributed by atoms with Crippen LogP contribution in [-0.4, -0.2) is 13.1 Å². The van der Waals surface area contributed by atoms with Gasteiger partial charge in [-0.3, -0.25) is 0 Å². The normalized spacial score (nSPS) is 22.6. The summed E-state index contributed by atoms with van der Waals surface area (Å²) in [6.07, 6.45) is 2.25. The van der Waals surface area contributed by atoms with E-state index in [9.17, 15) is 0 Å². The SMILES string of the molecule is C=C1CC[N]CC1. The first kappa shape index (κ1) is 4.85. The molecule has 1 radical (unpaired) electrons. The van der Waals surface area contributed by atoms with Gasteiger partial charge in [0.15, 0.2) is 0 Å². The van der Waals surface area contributed by atoms with Crippen LogP contribution in [0, 0.1) is 0 Å². The van der Waals surface area contributed by atoms with Crippen molar-refractivity contribution in [2.75, 3.05) is 13.1 Å². The zero-order chi connectivity index (χ0) is 5.11. The number of hydrogen-bond acceptors (Lipinski definition) is 0. The van der Waals surface area contributed by atoms with Crippen molar-refractivity contribution < 1.29 is 0 Å². The fourth-order valence-electron chi connectivity index (χ4n) is 0.711. The zero-order valence-corrected chi connectivity index (χ0v) is 4.48. The molecule has 0 aromatic carbocycles. The van der Waals surface area contributed by atoms with Crippen LogP contribution in [0.5, 0.6) is 0 Å². The maximum atomic E-state index is 4.17. The minimum atomic E-state index is 1.01. The van der Waals surface area contributed by atoms with Crippen molar-refractivity contribution in [1.82, 2.24) is 5.32 Å². The van der Waals surface area contributed by atoms with Gasteiger partial charge in [-0.2, -0.15) is 0 Å². The number of nitrogens with zero attached hydrogens (tertiary/aromatic N) is 1. The molecule has 0 amide bonds. The molecule has 0 spiro atoms. The van der Waals surface area contributed by atoms with E-state index in [-0.39, 0.29) is 0 Å². The van der Waals surface area contributed by atoms with E-state index in [1.807, 2.05) is 0 Å². The molecule has 0 aromatic rings. The van der Waals surface area contributed by atoms with Crippen LogP contribution in [-0.2, 0) is 0 Å². The molecule has 0 atom stereocenters. The Kier molecular flexibility index (Phi) is 1.47. The van der Waals surface area contributed by atoms with Crippen LogP contribution in [0.25, 0.3) is 0 Å². The highest BCUT2D eigenvalue weighted by atomic mass is 14.9. The summed E-state index contributed by atoms with van der Waals surface area (Å²) in [5.41, 5.74) is 1.37. The van der Waals surface area contributed by atoms with Crippen LogP contribution < -0.4 is 5.32 Å². The number of piperidine rings is 1. The van der Waals surface area contributed by atoms with Crippen molar-refractivity contribution in [3.05, 3.63) is 12.2 Å². The van der Waals surface area contributed by atoms with E-state index in [0.29, 0.717) is 0 Å². The van der Waals surface area contributed by atoms with E-state index < -0.39 is 0 Å². The quantitative estimate of drug-likeness (QED) is 0.398. The maximum Gasteiger partial charge on any atom is 0.0170 e. The molecule has 0 aromatic heterocycles. The van der Waals surface area contributed by atoms with Crippen molar-refractivity contribution in [3.8, 4) is 0 Å². The molecule has 0 unspecified atom stereocenters. The molecule has 1 heterocycles. The maximum absolute atomic E-state index is 4.17. The Labute approximate surface area is 44.4 Å². The molecule has 1 heteroatoms. The second kappa shape index (κ2) is 2.12. The monoisotopic (exact) mass is 96.1 g/mol. The first-order valence-electron chi connectivity index (χ1n) is 2.69. The Hall–Kier alpha value is -0.300. The second-order valence-electron chi connectivity index (χ2n) is 1.92. The predicted molar refractivity (Wildman–Crippen MR) is 30.2 cm³/mol. The molecule has 1 saturated heterocycles. The molecule has 0 saturated carbocycles. The average Bonchev–Trinajstić information content (AvgIpc) is 1.69. The van der Waals surface area contributed by atoms with Crippen molar-refractivity contribution in [1.29, 1.82) is 0 Å². The molecule has 1 nitrogen and oxygen atoms in total. The lowest BCUT2D eigenvalue weighted by Crippen LogP contribution is -2.15. The molecule has 1 aliphatic heterocycles. The third-order valence-corrected chi connectivity index (χ3v) is 1.25. The molecule has 1 aliphatic rings. The summed E-state index contributed by atoms with van der Waals surface area (Å²) in [6, 6.07) is 0. The molecule has 0 bridgehead atoms. The van der Waals surface area contributed by atoms with E-state index in [4.69, 9.17) is 0 Å². The van der Waals surface area contributed by atoms with Gasteiger partial charge in [0.2, 0.25) is 0 Å². The van der Waals surface area contributed by atoms with Gasteiger partial charge in [0.05, 0.1) is 0 Å². The summed E-state index contributed by atoms with van der Waals surface area (Å²) < 4.78 is 0. The second-order valence-corrected chi connectivity index (χ2v) is 1.92. The highest BCUT2D eigenvalue weighted by Crippen LogP contribution is 2.05. The summed E-state index contributed by atoms with van der Waals surface area (Å²) in [5.74, 6) is 0. The zero-order valence-electron chi connectivity index (χ0n) is 4.48. The first-order valence-corrected chi connectivity index (χ1v) is 2.69. The van der Waals surface area contributed by atoms with Crippen LogP contribution in [0.4, 0.5) is 0 Å². The van der Waals surface area contributed by atoms with Gasteiger partial charge in [0.25, 0.3) is 0 Å². The van der Waals surface area contributed by atoms with Gasteiger partial charge in [-0.15, -0.1) is 0 Å². The summed E-state index contributed by atoms with van der Waals surface area (Å²) >= 11 is 0. The van der Waals surface area contributed by atoms with Crippen molar-refractivity contribution in [3.63, 3.8) is 0 Å². The predicted octanol–water partition coefficient (Wildman–Crippen LogP) is 0.941. The fourth-order valence-corrected chi connectivity index (χ4v) is 0.711. The highest BCUT2D eigenvalue weighted by Gasteiger charge is 2.00. The summed E-state index contributed by atoms with van der Waals surface area (Å²) in [7, 11) is 0. The van der Waals surface area contributed by atoms with Gasteiger partial charge in [0, 0.05) is 13.1 Å². The van der Waals surface area contributed by atoms with Gasteiger partial charge in [0.1, 0.15) is 0 Å². The molecule has 39 valence electrons. The Balaban J connectivity index is 2.25. The van der Waals surface area contributed by atoms with Gasteiger partial charge in [-0.25, -0.2) is 5.32 Å². The fraction of sp³-hybridized carbons (Fsp3) is 0.667. The average molecular weight is 96.2 g/mol. The van der Waals surface area contributed by atoms with Gasteiger partial charge in [-0.1, -0.05) is 12.2 Å². The van der Waals surface area contributed by atoms with Crippen LogP contribution in [0.1, 0.15) is 12.8 Å². The first-order chi connectivity index (χ1) is 3.39. The van der Waals surface area contributed by atoms with Crippen LogP contribution >= 0.6 is 0 Å². The molecular formula is C6H10N. The molecule has 0 N–H and O–H groups in total. The van der Waals surface area contributed by atoms with Crippen LogP contribution in [0.2, 0.25) is 0 Å². The van der Waals surface area contributed by atoms with Crippen molar-refractivity contribution >= 4 is 0 Å². The minimum absolute atomic E-state index is 1.01. The lowest BCUT2D eigenvalue weighted by molar-refractivity contribution is 0.600. The molecule has 0 aliphatic carbocycles. The third kappa shape index (κ3) is 1.32. The summed E-state index contributed by atoms with van der Waals surface area (Å²) in [5, 5.41) is 4.17. The smallest absolute Gasteiger partial charge is 0.0170 e. The van der Waals surface area contributed by atoms with E-state index in [0.717, 1.165) is 25.9 Å². The molecular weight excluding hydrogens is 86.1 g/mol. The van der Waals surface area contributed by atoms with Crippen molar-refractivity contribution in [2.24, 2.45) is 0 Å². The molecule has 7 heavy (non-hydrogen) atoms. The Morgan fingerprint density at radius 3 is 2.14 bits per heavy atom. The van der Waals surface area contributed by atoms with E-state index in [1.165, 1.54) is 5.57 Å². The lowest BCUT2D eigenvalue weighted by atomic mass is 10.1. The topological polar surface area (TPSA) is 14.1 Å². The summed E-state index contributed by atoms with van der Waals surface area (Å²) in [6.45, 7) is 5.88. The number of hydrogen-bond donors (Lipinski definition) is 0. The van der Waals surface area contributed by atoms with Crippen LogP contribution in [0.3, 0.4) is 0 Å². The third-order valence-electron chi connectivity index (χ3n) is 1.25. The Bertz CT molecular complexity index is 68.2. The van der Waals surface area contributed by atoms with E-state index in [2.05, 4.69) is 11.9 Å². The number of rotatable bonds is 0. The lowest BCUT2D eigenvalue weighted by Gasteiger charge is -2.10. The van der Waals surface area contributed by atoms with E-state index >= 15 is 0 Å². The van der Waals surface area contributed by atoms with Gasteiger partial charge in [-0.05, 0) is 12.8 Å². The molecule has 1 rings (SSSR count). The van der Waals surface area contributed by atoms with Gasteiger partial charge < -0.3 is 0 Å². The van der Waals surface area contributed by atoms with Crippen molar-refractivity contribution in [2.45, 2.75) is 12.8 Å². The largest absolute Gasteiger partial charge is 0.241 e. The molecule has 1 fully saturated rings. The summed E-state index contributed by atoms with van der Waals surface area (Å²) in [4.78, 5) is 0. The van der Waals surface area contributed by atoms with Gasteiger partial charge >= 0.3 is 0 Å². The Morgan fingerprint density at radius 1 is 1.29 bits per heavy atom. The van der Waals surface area contributed by atoms with E-state index in [1.54, 1.807) is 0 Å². The highest BCUT2D eigenvalue weighted by molar-refractivity contribution is 4.97. The minimum Gasteiger partial charge on any atom is -0.241 e.